The lowest BCUT2D eigenvalue weighted by Crippen LogP contribution is -2.29. The molecule has 0 aliphatic carbocycles. The van der Waals surface area contributed by atoms with Gasteiger partial charge in [0.15, 0.2) is 5.82 Å². The van der Waals surface area contributed by atoms with Gasteiger partial charge in [-0.05, 0) is 6.07 Å². The molecule has 0 unspecified atom stereocenters. The van der Waals surface area contributed by atoms with E-state index in [-0.39, 0.29) is 12.5 Å². The Bertz CT molecular complexity index is 777. The van der Waals surface area contributed by atoms with Crippen LogP contribution in [0.15, 0.2) is 35.0 Å². The second-order valence-corrected chi connectivity index (χ2v) is 4.92. The second kappa shape index (κ2) is 6.38. The lowest BCUT2D eigenvalue weighted by Gasteiger charge is -2.05. The first-order chi connectivity index (χ1) is 10.8. The number of aromatic nitrogens is 4. The van der Waals surface area contributed by atoms with Crippen molar-refractivity contribution in [2.24, 2.45) is 0 Å². The topological polar surface area (TPSA) is 85.8 Å². The first kappa shape index (κ1) is 14.2. The zero-order valence-electron chi connectivity index (χ0n) is 12.3. The van der Waals surface area contributed by atoms with Crippen molar-refractivity contribution in [2.75, 3.05) is 6.54 Å². The zero-order chi connectivity index (χ0) is 15.4. The van der Waals surface area contributed by atoms with Crippen molar-refractivity contribution in [3.05, 3.63) is 42.2 Å². The fourth-order valence-corrected chi connectivity index (χ4v) is 2.19. The number of para-hydroxylation sites is 1. The van der Waals surface area contributed by atoms with Gasteiger partial charge in [-0.15, -0.1) is 0 Å². The van der Waals surface area contributed by atoms with Crippen LogP contribution in [0.2, 0.25) is 0 Å². The number of carbonyl (C=O) groups is 1. The van der Waals surface area contributed by atoms with Crippen molar-refractivity contribution in [3.63, 3.8) is 0 Å². The molecule has 3 aromatic rings. The van der Waals surface area contributed by atoms with Crippen molar-refractivity contribution >= 4 is 16.8 Å². The van der Waals surface area contributed by atoms with Gasteiger partial charge in [-0.25, -0.2) is 0 Å². The summed E-state index contributed by atoms with van der Waals surface area (Å²) in [6, 6.07) is 7.79. The molecule has 3 rings (SSSR count). The molecule has 0 saturated carbocycles. The van der Waals surface area contributed by atoms with Gasteiger partial charge in [-0.1, -0.05) is 30.3 Å². The molecule has 114 valence electrons. The van der Waals surface area contributed by atoms with Gasteiger partial charge in [0, 0.05) is 24.8 Å². The Hall–Kier alpha value is -2.70. The van der Waals surface area contributed by atoms with Gasteiger partial charge in [-0.2, -0.15) is 10.1 Å². The van der Waals surface area contributed by atoms with Crippen molar-refractivity contribution in [3.8, 4) is 0 Å². The van der Waals surface area contributed by atoms with Crippen LogP contribution in [0.4, 0.5) is 0 Å². The van der Waals surface area contributed by atoms with Crippen LogP contribution in [-0.4, -0.2) is 32.4 Å². The van der Waals surface area contributed by atoms with E-state index in [2.05, 4.69) is 20.6 Å². The molecule has 0 aliphatic heterocycles. The summed E-state index contributed by atoms with van der Waals surface area (Å²) >= 11 is 0. The third kappa shape index (κ3) is 3.13. The van der Waals surface area contributed by atoms with Crippen LogP contribution >= 0.6 is 0 Å². The van der Waals surface area contributed by atoms with E-state index in [9.17, 15) is 4.79 Å². The van der Waals surface area contributed by atoms with Gasteiger partial charge in [0.25, 0.3) is 0 Å². The number of aryl methyl sites for hydroxylation is 1. The lowest BCUT2D eigenvalue weighted by atomic mass is 10.2. The molecule has 1 amide bonds. The van der Waals surface area contributed by atoms with Crippen molar-refractivity contribution in [1.82, 2.24) is 25.2 Å². The molecular weight excluding hydrogens is 282 g/mol. The van der Waals surface area contributed by atoms with E-state index >= 15 is 0 Å². The molecule has 0 atom stereocenters. The highest BCUT2D eigenvalue weighted by molar-refractivity contribution is 5.81. The van der Waals surface area contributed by atoms with Crippen LogP contribution in [-0.2, 0) is 24.2 Å². The number of fused-ring (bicyclic) bond motifs is 1. The standard InChI is InChI=1S/C15H17N5O2/c1-2-13-18-15(22-19-13)7-8-16-14(21)10-20-12-6-4-3-5-11(12)9-17-20/h3-6,9H,2,7-8,10H2,1H3,(H,16,21). The van der Waals surface area contributed by atoms with E-state index in [1.54, 1.807) is 10.9 Å². The fraction of sp³-hybridized carbons (Fsp3) is 0.333. The van der Waals surface area contributed by atoms with E-state index in [0.29, 0.717) is 24.7 Å². The fourth-order valence-electron chi connectivity index (χ4n) is 2.19. The highest BCUT2D eigenvalue weighted by Gasteiger charge is 2.08. The van der Waals surface area contributed by atoms with Crippen LogP contribution in [0.3, 0.4) is 0 Å². The first-order valence-corrected chi connectivity index (χ1v) is 7.25. The monoisotopic (exact) mass is 299 g/mol. The van der Waals surface area contributed by atoms with Gasteiger partial charge >= 0.3 is 0 Å². The molecule has 7 nitrogen and oxygen atoms in total. The number of benzene rings is 1. The van der Waals surface area contributed by atoms with Crippen molar-refractivity contribution < 1.29 is 9.32 Å². The molecular formula is C15H17N5O2. The Labute approximate surface area is 127 Å². The summed E-state index contributed by atoms with van der Waals surface area (Å²) in [5.74, 6) is 1.13. The summed E-state index contributed by atoms with van der Waals surface area (Å²) in [5.41, 5.74) is 0.946. The maximum absolute atomic E-state index is 12.0. The third-order valence-corrected chi connectivity index (χ3v) is 3.33. The van der Waals surface area contributed by atoms with Gasteiger partial charge in [0.1, 0.15) is 6.54 Å². The molecule has 0 radical (unpaired) electrons. The minimum atomic E-state index is -0.0934. The van der Waals surface area contributed by atoms with E-state index < -0.39 is 0 Å². The van der Waals surface area contributed by atoms with Crippen molar-refractivity contribution in [2.45, 2.75) is 26.3 Å². The Balaban J connectivity index is 1.52. The highest BCUT2D eigenvalue weighted by atomic mass is 16.5. The molecule has 1 N–H and O–H groups in total. The SMILES string of the molecule is CCc1noc(CCNC(=O)Cn2ncc3ccccc32)n1. The third-order valence-electron chi connectivity index (χ3n) is 3.33. The largest absolute Gasteiger partial charge is 0.354 e. The molecule has 2 heterocycles. The predicted octanol–water partition coefficient (Wildman–Crippen LogP) is 1.34. The second-order valence-electron chi connectivity index (χ2n) is 4.92. The molecule has 0 spiro atoms. The number of rotatable bonds is 6. The van der Waals surface area contributed by atoms with E-state index in [1.807, 2.05) is 31.2 Å². The summed E-state index contributed by atoms with van der Waals surface area (Å²) in [6.45, 7) is 2.62. The van der Waals surface area contributed by atoms with Crippen molar-refractivity contribution in [1.29, 1.82) is 0 Å². The Morgan fingerprint density at radius 3 is 3.05 bits per heavy atom. The Morgan fingerprint density at radius 1 is 1.36 bits per heavy atom. The van der Waals surface area contributed by atoms with Crippen LogP contribution in [0.1, 0.15) is 18.6 Å². The zero-order valence-corrected chi connectivity index (χ0v) is 12.3. The molecule has 7 heteroatoms. The minimum absolute atomic E-state index is 0.0934. The van der Waals surface area contributed by atoms with Gasteiger partial charge < -0.3 is 9.84 Å². The normalized spacial score (nSPS) is 11.0. The summed E-state index contributed by atoms with van der Waals surface area (Å²) in [4.78, 5) is 16.2. The van der Waals surface area contributed by atoms with E-state index in [0.717, 1.165) is 17.3 Å². The Morgan fingerprint density at radius 2 is 2.23 bits per heavy atom. The number of amides is 1. The highest BCUT2D eigenvalue weighted by Crippen LogP contribution is 2.12. The molecule has 0 fully saturated rings. The average molecular weight is 299 g/mol. The summed E-state index contributed by atoms with van der Waals surface area (Å²) < 4.78 is 6.76. The number of hydrogen-bond acceptors (Lipinski definition) is 5. The number of nitrogens with one attached hydrogen (secondary N) is 1. The van der Waals surface area contributed by atoms with Crippen LogP contribution in [0.25, 0.3) is 10.9 Å². The number of hydrogen-bond donors (Lipinski definition) is 1. The van der Waals surface area contributed by atoms with Gasteiger partial charge in [0.2, 0.25) is 11.8 Å². The minimum Gasteiger partial charge on any atom is -0.354 e. The predicted molar refractivity (Wildman–Crippen MR) is 80.1 cm³/mol. The summed E-state index contributed by atoms with van der Waals surface area (Å²) in [6.07, 6.45) is 3.02. The quantitative estimate of drug-likeness (QED) is 0.742. The Kier molecular flexibility index (Phi) is 4.13. The average Bonchev–Trinajstić information content (AvgIpc) is 3.15. The van der Waals surface area contributed by atoms with Crippen LogP contribution < -0.4 is 5.32 Å². The van der Waals surface area contributed by atoms with Crippen LogP contribution in [0.5, 0.6) is 0 Å². The molecule has 1 aromatic carbocycles. The molecule has 2 aromatic heterocycles. The number of nitrogens with zero attached hydrogens (tertiary/aromatic N) is 4. The maximum atomic E-state index is 12.0. The smallest absolute Gasteiger partial charge is 0.241 e. The molecule has 0 saturated heterocycles. The molecule has 0 bridgehead atoms. The molecule has 22 heavy (non-hydrogen) atoms. The van der Waals surface area contributed by atoms with E-state index in [4.69, 9.17) is 4.52 Å². The lowest BCUT2D eigenvalue weighted by molar-refractivity contribution is -0.121. The van der Waals surface area contributed by atoms with Gasteiger partial charge in [0.05, 0.1) is 11.7 Å². The first-order valence-electron chi connectivity index (χ1n) is 7.25. The number of carbonyl (C=O) groups excluding carboxylic acids is 1. The van der Waals surface area contributed by atoms with Gasteiger partial charge in [-0.3, -0.25) is 9.48 Å². The van der Waals surface area contributed by atoms with Crippen LogP contribution in [0, 0.1) is 0 Å². The van der Waals surface area contributed by atoms with E-state index in [1.165, 1.54) is 0 Å². The summed E-state index contributed by atoms with van der Waals surface area (Å²) in [7, 11) is 0. The molecule has 0 aliphatic rings. The summed E-state index contributed by atoms with van der Waals surface area (Å²) in [5, 5.41) is 11.9. The maximum Gasteiger partial charge on any atom is 0.241 e.